The molecule has 0 aromatic heterocycles. The van der Waals surface area contributed by atoms with Gasteiger partial charge in [-0.25, -0.2) is 9.59 Å². The zero-order valence-corrected chi connectivity index (χ0v) is 21.2. The monoisotopic (exact) mass is 469 g/mol. The quantitative estimate of drug-likeness (QED) is 0.237. The van der Waals surface area contributed by atoms with Gasteiger partial charge in [0.1, 0.15) is 11.4 Å². The summed E-state index contributed by atoms with van der Waals surface area (Å²) in [7, 11) is 1.57. The Balaban J connectivity index is 1.85. The Kier molecular flexibility index (Phi) is 10.6. The molecule has 6 nitrogen and oxygen atoms in total. The number of benzene rings is 2. The molecule has 2 aromatic rings. The number of likely N-dealkylation sites (N-methyl/N-ethyl adjacent to an activating group) is 1. The molecule has 2 aromatic carbocycles. The fourth-order valence-corrected chi connectivity index (χ4v) is 3.44. The molecule has 0 aliphatic heterocycles. The molecule has 0 bridgehead atoms. The molecule has 1 unspecified atom stereocenters. The van der Waals surface area contributed by atoms with Crippen molar-refractivity contribution in [2.75, 3.05) is 13.6 Å². The Morgan fingerprint density at radius 2 is 1.56 bits per heavy atom. The van der Waals surface area contributed by atoms with Gasteiger partial charge in [-0.1, -0.05) is 56.9 Å². The van der Waals surface area contributed by atoms with Crippen LogP contribution in [-0.4, -0.2) is 41.3 Å². The fourth-order valence-electron chi connectivity index (χ4n) is 3.44. The summed E-state index contributed by atoms with van der Waals surface area (Å²) >= 11 is 0. The van der Waals surface area contributed by atoms with Crippen LogP contribution in [0.3, 0.4) is 0 Å². The smallest absolute Gasteiger partial charge is 0.410 e. The maximum absolute atomic E-state index is 12.5. The first-order valence-corrected chi connectivity index (χ1v) is 12.1. The van der Waals surface area contributed by atoms with E-state index in [-0.39, 0.29) is 6.54 Å². The van der Waals surface area contributed by atoms with Gasteiger partial charge in [0.25, 0.3) is 0 Å². The predicted molar refractivity (Wildman–Crippen MR) is 134 cm³/mol. The number of rotatable bonds is 11. The van der Waals surface area contributed by atoms with Crippen LogP contribution in [0.4, 0.5) is 4.79 Å². The largest absolute Gasteiger partial charge is 0.444 e. The summed E-state index contributed by atoms with van der Waals surface area (Å²) in [5, 5.41) is 10.5. The van der Waals surface area contributed by atoms with Crippen molar-refractivity contribution in [2.45, 2.75) is 77.9 Å². The highest BCUT2D eigenvalue weighted by molar-refractivity contribution is 5.91. The van der Waals surface area contributed by atoms with E-state index >= 15 is 0 Å². The molecule has 34 heavy (non-hydrogen) atoms. The normalized spacial score (nSPS) is 12.2. The molecule has 0 saturated carbocycles. The molecule has 0 radical (unpaired) electrons. The predicted octanol–water partition coefficient (Wildman–Crippen LogP) is 6.32. The van der Waals surface area contributed by atoms with E-state index in [0.29, 0.717) is 16.9 Å². The van der Waals surface area contributed by atoms with Gasteiger partial charge in [0, 0.05) is 7.05 Å². The first-order chi connectivity index (χ1) is 16.1. The van der Waals surface area contributed by atoms with Crippen molar-refractivity contribution in [2.24, 2.45) is 0 Å². The van der Waals surface area contributed by atoms with E-state index in [0.717, 1.165) is 12.8 Å². The Morgan fingerprint density at radius 3 is 2.15 bits per heavy atom. The first kappa shape index (κ1) is 27.4. The Morgan fingerprint density at radius 1 is 0.941 bits per heavy atom. The van der Waals surface area contributed by atoms with E-state index in [2.05, 4.69) is 6.92 Å². The molecule has 2 rings (SSSR count). The summed E-state index contributed by atoms with van der Waals surface area (Å²) in [6, 6.07) is 14.2. The average molecular weight is 470 g/mol. The second-order valence-corrected chi connectivity index (χ2v) is 9.70. The molecule has 1 N–H and O–H groups in total. The van der Waals surface area contributed by atoms with Crippen molar-refractivity contribution < 1.29 is 24.2 Å². The third-order valence-corrected chi connectivity index (χ3v) is 5.39. The second-order valence-electron chi connectivity index (χ2n) is 9.70. The number of carbonyl (C=O) groups is 2. The fraction of sp³-hybridized carbons (Fsp3) is 0.500. The second kappa shape index (κ2) is 13.1. The lowest BCUT2D eigenvalue weighted by Gasteiger charge is -2.26. The van der Waals surface area contributed by atoms with Crippen molar-refractivity contribution in [1.82, 2.24) is 4.90 Å². The molecule has 1 amide bonds. The minimum Gasteiger partial charge on any atom is -0.444 e. The van der Waals surface area contributed by atoms with Crippen LogP contribution in [0.1, 0.15) is 87.4 Å². The van der Waals surface area contributed by atoms with Crippen LogP contribution in [0.5, 0.6) is 5.75 Å². The van der Waals surface area contributed by atoms with Crippen LogP contribution in [0.2, 0.25) is 0 Å². The summed E-state index contributed by atoms with van der Waals surface area (Å²) in [6.45, 7) is 7.67. The number of aliphatic hydroxyl groups excluding tert-OH is 1. The number of aryl methyl sites for hydroxylation is 1. The van der Waals surface area contributed by atoms with E-state index in [1.807, 2.05) is 12.1 Å². The highest BCUT2D eigenvalue weighted by Gasteiger charge is 2.22. The minimum atomic E-state index is -0.892. The summed E-state index contributed by atoms with van der Waals surface area (Å²) in [5.74, 6) is -0.0334. The molecule has 0 heterocycles. The Hall–Kier alpha value is -2.86. The molecule has 0 aliphatic carbocycles. The number of aliphatic hydroxyl groups is 1. The molecule has 0 aliphatic rings. The number of hydrogen-bond acceptors (Lipinski definition) is 5. The lowest BCUT2D eigenvalue weighted by molar-refractivity contribution is 0.0205. The third kappa shape index (κ3) is 9.56. The number of hydrogen-bond donors (Lipinski definition) is 1. The highest BCUT2D eigenvalue weighted by atomic mass is 16.6. The summed E-state index contributed by atoms with van der Waals surface area (Å²) < 4.78 is 10.8. The molecule has 0 fully saturated rings. The van der Waals surface area contributed by atoms with Gasteiger partial charge >= 0.3 is 12.1 Å². The van der Waals surface area contributed by atoms with Gasteiger partial charge in [-0.3, -0.25) is 0 Å². The molecular weight excluding hydrogens is 430 g/mol. The zero-order chi connectivity index (χ0) is 25.1. The van der Waals surface area contributed by atoms with Gasteiger partial charge in [0.2, 0.25) is 0 Å². The number of esters is 1. The van der Waals surface area contributed by atoms with Gasteiger partial charge in [-0.2, -0.15) is 0 Å². The number of ether oxygens (including phenoxy) is 2. The third-order valence-electron chi connectivity index (χ3n) is 5.39. The van der Waals surface area contributed by atoms with Crippen LogP contribution >= 0.6 is 0 Å². The van der Waals surface area contributed by atoms with Crippen molar-refractivity contribution in [3.05, 3.63) is 65.2 Å². The van der Waals surface area contributed by atoms with Gasteiger partial charge in [-0.15, -0.1) is 0 Å². The highest BCUT2D eigenvalue weighted by Crippen LogP contribution is 2.21. The van der Waals surface area contributed by atoms with E-state index in [1.165, 1.54) is 36.1 Å². The van der Waals surface area contributed by atoms with Crippen molar-refractivity contribution in [3.63, 3.8) is 0 Å². The topological polar surface area (TPSA) is 76.1 Å². The molecule has 0 saturated heterocycles. The molecule has 6 heteroatoms. The van der Waals surface area contributed by atoms with Gasteiger partial charge < -0.3 is 19.5 Å². The first-order valence-electron chi connectivity index (χ1n) is 12.1. The van der Waals surface area contributed by atoms with E-state index < -0.39 is 23.8 Å². The maximum atomic E-state index is 12.5. The number of nitrogens with zero attached hydrogens (tertiary/aromatic N) is 1. The van der Waals surface area contributed by atoms with E-state index in [1.54, 1.807) is 64.2 Å². The molecular formula is C28H39NO5. The van der Waals surface area contributed by atoms with Crippen LogP contribution in [0.25, 0.3) is 0 Å². The van der Waals surface area contributed by atoms with Crippen LogP contribution < -0.4 is 4.74 Å². The maximum Gasteiger partial charge on any atom is 0.410 e. The Bertz CT molecular complexity index is 900. The standard InChI is InChI=1S/C28H39NO5/c1-6-7-8-9-10-11-21-12-14-23(15-13-21)26(31)33-24-18-16-22(17-19-24)25(30)20-29(5)27(32)34-28(2,3)4/h12-19,25,30H,6-11,20H2,1-5H3. The molecule has 186 valence electrons. The van der Waals surface area contributed by atoms with Gasteiger partial charge in [-0.05, 0) is 69.0 Å². The SMILES string of the molecule is CCCCCCCc1ccc(C(=O)Oc2ccc(C(O)CN(C)C(=O)OC(C)(C)C)cc2)cc1. The zero-order valence-electron chi connectivity index (χ0n) is 21.2. The van der Waals surface area contributed by atoms with Crippen molar-refractivity contribution >= 4 is 12.1 Å². The summed E-state index contributed by atoms with van der Waals surface area (Å²) in [4.78, 5) is 25.9. The summed E-state index contributed by atoms with van der Waals surface area (Å²) in [6.07, 6.45) is 5.83. The van der Waals surface area contributed by atoms with E-state index in [9.17, 15) is 14.7 Å². The number of carbonyl (C=O) groups excluding carboxylic acids is 2. The lowest BCUT2D eigenvalue weighted by Crippen LogP contribution is -2.36. The van der Waals surface area contributed by atoms with Crippen LogP contribution in [0.15, 0.2) is 48.5 Å². The van der Waals surface area contributed by atoms with Gasteiger partial charge in [0.15, 0.2) is 0 Å². The van der Waals surface area contributed by atoms with Crippen molar-refractivity contribution in [3.8, 4) is 5.75 Å². The Labute approximate surface area is 203 Å². The van der Waals surface area contributed by atoms with Gasteiger partial charge in [0.05, 0.1) is 18.2 Å². The van der Waals surface area contributed by atoms with Crippen LogP contribution in [0, 0.1) is 0 Å². The average Bonchev–Trinajstić information content (AvgIpc) is 2.78. The van der Waals surface area contributed by atoms with Crippen molar-refractivity contribution in [1.29, 1.82) is 0 Å². The number of unbranched alkanes of at least 4 members (excludes halogenated alkanes) is 4. The summed E-state index contributed by atoms with van der Waals surface area (Å²) in [5.41, 5.74) is 1.73. The molecule has 1 atom stereocenters. The number of amides is 1. The minimum absolute atomic E-state index is 0.0823. The lowest BCUT2D eigenvalue weighted by atomic mass is 10.0. The van der Waals surface area contributed by atoms with Crippen LogP contribution in [-0.2, 0) is 11.2 Å². The van der Waals surface area contributed by atoms with E-state index in [4.69, 9.17) is 9.47 Å². The molecule has 0 spiro atoms.